The minimum absolute atomic E-state index is 0.305. The van der Waals surface area contributed by atoms with Crippen molar-refractivity contribution in [1.82, 2.24) is 19.9 Å². The van der Waals surface area contributed by atoms with Gasteiger partial charge in [0.1, 0.15) is 5.69 Å². The van der Waals surface area contributed by atoms with Crippen molar-refractivity contribution in [3.8, 4) is 45.4 Å². The lowest BCUT2D eigenvalue weighted by Gasteiger charge is -2.39. The lowest BCUT2D eigenvalue weighted by molar-refractivity contribution is 0.586. The zero-order valence-corrected chi connectivity index (χ0v) is 27.0. The molecular formula is C41H31N4OP. The molecule has 0 N–H and O–H groups in total. The summed E-state index contributed by atoms with van der Waals surface area (Å²) in [5.41, 5.74) is 6.24. The molecule has 5 aromatic carbocycles. The smallest absolute Gasteiger partial charge is 0.182 e. The molecule has 1 aliphatic rings. The Bertz CT molecular complexity index is 2230. The number of hydrogen-bond acceptors (Lipinski definition) is 5. The van der Waals surface area contributed by atoms with E-state index in [1.54, 1.807) is 0 Å². The fourth-order valence-corrected chi connectivity index (χ4v) is 10.00. The van der Waals surface area contributed by atoms with Crippen LogP contribution in [0.1, 0.15) is 25.0 Å². The molecule has 0 bridgehead atoms. The van der Waals surface area contributed by atoms with Gasteiger partial charge in [0, 0.05) is 44.2 Å². The molecular weight excluding hydrogens is 595 g/mol. The molecule has 8 rings (SSSR count). The van der Waals surface area contributed by atoms with Gasteiger partial charge in [-0.25, -0.2) is 15.0 Å². The predicted octanol–water partition coefficient (Wildman–Crippen LogP) is 8.21. The second-order valence-electron chi connectivity index (χ2n) is 12.3. The predicted molar refractivity (Wildman–Crippen MR) is 191 cm³/mol. The Morgan fingerprint density at radius 3 is 1.64 bits per heavy atom. The van der Waals surface area contributed by atoms with E-state index < -0.39 is 7.14 Å². The van der Waals surface area contributed by atoms with Crippen LogP contribution < -0.4 is 15.9 Å². The maximum absolute atomic E-state index is 15.4. The summed E-state index contributed by atoms with van der Waals surface area (Å²) < 4.78 is 15.4. The number of rotatable bonds is 5. The zero-order valence-electron chi connectivity index (χ0n) is 26.1. The average molecular weight is 627 g/mol. The van der Waals surface area contributed by atoms with Gasteiger partial charge in [0.25, 0.3) is 0 Å². The lowest BCUT2D eigenvalue weighted by atomic mass is 9.77. The van der Waals surface area contributed by atoms with Gasteiger partial charge >= 0.3 is 0 Å². The largest absolute Gasteiger partial charge is 0.309 e. The summed E-state index contributed by atoms with van der Waals surface area (Å²) in [6.45, 7) is 4.44. The third-order valence-electron chi connectivity index (χ3n) is 9.07. The van der Waals surface area contributed by atoms with E-state index in [0.29, 0.717) is 23.2 Å². The molecule has 226 valence electrons. The van der Waals surface area contributed by atoms with Crippen LogP contribution >= 0.6 is 7.14 Å². The minimum atomic E-state index is -3.15. The van der Waals surface area contributed by atoms with Crippen LogP contribution in [0.2, 0.25) is 0 Å². The summed E-state index contributed by atoms with van der Waals surface area (Å²) >= 11 is 0. The standard InChI is InChI=1S/C41H31N4OP/c1-41(2)33-20-12-13-21-36(33)47(46,32-18-10-5-11-19-32)37-26-30(22-24-34(37)41)31-23-25-35(42-27-31)40-44-38(28-14-6-3-7-15-28)43-39(45-40)29-16-8-4-9-17-29/h3-27H,1-2H3. The lowest BCUT2D eigenvalue weighted by Crippen LogP contribution is -2.42. The molecule has 2 aromatic heterocycles. The number of nitrogens with zero attached hydrogens (tertiary/aromatic N) is 4. The van der Waals surface area contributed by atoms with Gasteiger partial charge in [-0.3, -0.25) is 4.98 Å². The van der Waals surface area contributed by atoms with E-state index in [2.05, 4.69) is 38.1 Å². The van der Waals surface area contributed by atoms with Crippen LogP contribution in [0.15, 0.2) is 152 Å². The monoisotopic (exact) mass is 626 g/mol. The molecule has 1 atom stereocenters. The highest BCUT2D eigenvalue weighted by molar-refractivity contribution is 7.85. The second kappa shape index (κ2) is 11.4. The Kier molecular flexibility index (Phi) is 7.00. The van der Waals surface area contributed by atoms with Crippen LogP contribution in [0.3, 0.4) is 0 Å². The number of fused-ring (bicyclic) bond motifs is 2. The molecule has 0 fully saturated rings. The quantitative estimate of drug-likeness (QED) is 0.180. The van der Waals surface area contributed by atoms with Gasteiger partial charge in [-0.15, -0.1) is 0 Å². The maximum Gasteiger partial charge on any atom is 0.182 e. The Morgan fingerprint density at radius 1 is 0.489 bits per heavy atom. The number of hydrogen-bond donors (Lipinski definition) is 0. The van der Waals surface area contributed by atoms with Crippen molar-refractivity contribution < 1.29 is 4.57 Å². The molecule has 0 saturated heterocycles. The summed E-state index contributed by atoms with van der Waals surface area (Å²) in [6.07, 6.45) is 1.85. The fraction of sp³-hybridized carbons (Fsp3) is 0.0732. The summed E-state index contributed by atoms with van der Waals surface area (Å²) in [6, 6.07) is 48.3. The zero-order chi connectivity index (χ0) is 32.0. The Balaban J connectivity index is 1.23. The molecule has 0 radical (unpaired) electrons. The average Bonchev–Trinajstić information content (AvgIpc) is 3.15. The normalized spacial score (nSPS) is 16.2. The first-order valence-corrected chi connectivity index (χ1v) is 17.4. The second-order valence-corrected chi connectivity index (χ2v) is 15.0. The van der Waals surface area contributed by atoms with E-state index in [0.717, 1.165) is 49.3 Å². The number of aromatic nitrogens is 4. The van der Waals surface area contributed by atoms with Gasteiger partial charge in [0.05, 0.1) is 0 Å². The van der Waals surface area contributed by atoms with Crippen LogP contribution in [0.25, 0.3) is 45.4 Å². The van der Waals surface area contributed by atoms with Crippen molar-refractivity contribution >= 4 is 23.1 Å². The molecule has 6 heteroatoms. The summed E-state index contributed by atoms with van der Waals surface area (Å²) in [5, 5.41) is 2.63. The molecule has 47 heavy (non-hydrogen) atoms. The van der Waals surface area contributed by atoms with Crippen molar-refractivity contribution in [2.75, 3.05) is 0 Å². The number of benzene rings is 5. The third-order valence-corrected chi connectivity index (χ3v) is 12.2. The van der Waals surface area contributed by atoms with E-state index in [9.17, 15) is 0 Å². The van der Waals surface area contributed by atoms with Crippen molar-refractivity contribution in [2.24, 2.45) is 0 Å². The van der Waals surface area contributed by atoms with Gasteiger partial charge in [-0.05, 0) is 28.8 Å². The van der Waals surface area contributed by atoms with Crippen LogP contribution in [-0.2, 0) is 9.98 Å². The molecule has 1 unspecified atom stereocenters. The molecule has 7 aromatic rings. The van der Waals surface area contributed by atoms with Gasteiger partial charge < -0.3 is 4.57 Å². The van der Waals surface area contributed by atoms with E-state index in [-0.39, 0.29) is 5.41 Å². The summed E-state index contributed by atoms with van der Waals surface area (Å²) in [5.74, 6) is 1.69. The molecule has 5 nitrogen and oxygen atoms in total. The van der Waals surface area contributed by atoms with Gasteiger partial charge in [-0.1, -0.05) is 147 Å². The Labute approximate surface area is 274 Å². The van der Waals surface area contributed by atoms with Crippen LogP contribution in [0.5, 0.6) is 0 Å². The molecule has 1 aliphatic heterocycles. The first kappa shape index (κ1) is 28.9. The van der Waals surface area contributed by atoms with E-state index >= 15 is 4.57 Å². The summed E-state index contributed by atoms with van der Waals surface area (Å²) in [7, 11) is -3.15. The maximum atomic E-state index is 15.4. The fourth-order valence-electron chi connectivity index (χ4n) is 6.59. The van der Waals surface area contributed by atoms with E-state index in [4.69, 9.17) is 19.9 Å². The third kappa shape index (κ3) is 4.91. The van der Waals surface area contributed by atoms with Gasteiger partial charge in [-0.2, -0.15) is 0 Å². The molecule has 0 saturated carbocycles. The number of pyridine rings is 1. The van der Waals surface area contributed by atoms with Gasteiger partial charge in [0.15, 0.2) is 24.6 Å². The molecule has 0 amide bonds. The molecule has 0 aliphatic carbocycles. The van der Waals surface area contributed by atoms with Crippen LogP contribution in [0.4, 0.5) is 0 Å². The Hall–Kier alpha value is -5.51. The Morgan fingerprint density at radius 2 is 1.02 bits per heavy atom. The molecule has 0 spiro atoms. The highest BCUT2D eigenvalue weighted by atomic mass is 31.2. The van der Waals surface area contributed by atoms with Crippen molar-refractivity contribution in [1.29, 1.82) is 0 Å². The highest BCUT2D eigenvalue weighted by Crippen LogP contribution is 2.52. The van der Waals surface area contributed by atoms with Crippen molar-refractivity contribution in [3.63, 3.8) is 0 Å². The summed E-state index contributed by atoms with van der Waals surface area (Å²) in [4.78, 5) is 19.3. The van der Waals surface area contributed by atoms with E-state index in [1.165, 1.54) is 0 Å². The SMILES string of the molecule is CC1(C)c2ccccc2P(=O)(c2ccccc2)c2cc(-c3ccc(-c4nc(-c5ccccc5)nc(-c5ccccc5)n4)nc3)ccc21. The topological polar surface area (TPSA) is 68.6 Å². The first-order valence-electron chi connectivity index (χ1n) is 15.7. The van der Waals surface area contributed by atoms with Crippen LogP contribution in [0, 0.1) is 0 Å². The van der Waals surface area contributed by atoms with Crippen LogP contribution in [-0.4, -0.2) is 19.9 Å². The van der Waals surface area contributed by atoms with Crippen molar-refractivity contribution in [3.05, 3.63) is 163 Å². The first-order chi connectivity index (χ1) is 22.9. The minimum Gasteiger partial charge on any atom is -0.309 e. The van der Waals surface area contributed by atoms with Gasteiger partial charge in [0.2, 0.25) is 0 Å². The van der Waals surface area contributed by atoms with Crippen molar-refractivity contribution in [2.45, 2.75) is 19.3 Å². The molecule has 3 heterocycles. The van der Waals surface area contributed by atoms with E-state index in [1.807, 2.05) is 128 Å². The highest BCUT2D eigenvalue weighted by Gasteiger charge is 2.44.